The van der Waals surface area contributed by atoms with E-state index < -0.39 is 0 Å². The summed E-state index contributed by atoms with van der Waals surface area (Å²) in [5.74, 6) is 0. The largest absolute Gasteiger partial charge is 0.347 e. The van der Waals surface area contributed by atoms with Crippen molar-refractivity contribution < 1.29 is 4.58 Å². The van der Waals surface area contributed by atoms with Crippen molar-refractivity contribution in [3.8, 4) is 0 Å². The van der Waals surface area contributed by atoms with Crippen LogP contribution >= 0.6 is 15.9 Å². The van der Waals surface area contributed by atoms with E-state index in [2.05, 4.69) is 141 Å². The fourth-order valence-electron chi connectivity index (χ4n) is 5.12. The number of hydrogen-bond acceptors (Lipinski definition) is 1. The fourth-order valence-corrected chi connectivity index (χ4v) is 5.39. The van der Waals surface area contributed by atoms with Crippen LogP contribution in [0, 0.1) is 6.92 Å². The molecule has 160 valence electrons. The second-order valence-corrected chi connectivity index (χ2v) is 10.6. The molecule has 2 aromatic carbocycles. The summed E-state index contributed by atoms with van der Waals surface area (Å²) in [6.45, 7) is 11.4. The number of benzene rings is 2. The van der Waals surface area contributed by atoms with Gasteiger partial charge in [-0.1, -0.05) is 65.7 Å². The van der Waals surface area contributed by atoms with Crippen LogP contribution in [0.1, 0.15) is 44.4 Å². The summed E-state index contributed by atoms with van der Waals surface area (Å²) in [5.41, 5.74) is 9.23. The molecule has 2 aromatic rings. The Morgan fingerprint density at radius 2 is 1.71 bits per heavy atom. The van der Waals surface area contributed by atoms with Crippen molar-refractivity contribution >= 4 is 33.0 Å². The molecule has 3 heteroatoms. The monoisotopic (exact) mass is 475 g/mol. The van der Waals surface area contributed by atoms with Gasteiger partial charge in [0.05, 0.1) is 5.41 Å². The summed E-state index contributed by atoms with van der Waals surface area (Å²) >= 11 is 3.77. The average molecular weight is 476 g/mol. The zero-order chi connectivity index (χ0) is 22.6. The number of aryl methyl sites for hydroxylation is 1. The van der Waals surface area contributed by atoms with Gasteiger partial charge in [-0.15, -0.1) is 0 Å². The topological polar surface area (TPSA) is 6.25 Å². The Bertz CT molecular complexity index is 1180. The second kappa shape index (κ2) is 7.63. The van der Waals surface area contributed by atoms with Crippen LogP contribution in [0.4, 0.5) is 11.4 Å². The molecule has 0 fully saturated rings. The second-order valence-electron chi connectivity index (χ2n) is 9.73. The molecule has 31 heavy (non-hydrogen) atoms. The summed E-state index contributed by atoms with van der Waals surface area (Å²) < 4.78 is 3.36. The van der Waals surface area contributed by atoms with E-state index in [1.54, 1.807) is 0 Å². The summed E-state index contributed by atoms with van der Waals surface area (Å²) in [6, 6.07) is 15.4. The Kier molecular flexibility index (Phi) is 5.37. The van der Waals surface area contributed by atoms with Gasteiger partial charge in [-0.25, -0.2) is 0 Å². The molecule has 0 aromatic heterocycles. The molecule has 2 heterocycles. The molecule has 0 radical (unpaired) electrons. The lowest BCUT2D eigenvalue weighted by molar-refractivity contribution is -0.401. The molecule has 2 aliphatic heterocycles. The number of halogens is 1. The zero-order valence-electron chi connectivity index (χ0n) is 19.6. The zero-order valence-corrected chi connectivity index (χ0v) is 21.2. The van der Waals surface area contributed by atoms with E-state index in [9.17, 15) is 0 Å². The molecule has 4 rings (SSSR count). The summed E-state index contributed by atoms with van der Waals surface area (Å²) in [6.07, 6.45) is 8.81. The number of anilines is 1. The first-order valence-electron chi connectivity index (χ1n) is 10.9. The molecule has 0 bridgehead atoms. The van der Waals surface area contributed by atoms with Crippen molar-refractivity contribution in [3.63, 3.8) is 0 Å². The van der Waals surface area contributed by atoms with Crippen LogP contribution in [-0.4, -0.2) is 24.4 Å². The first-order chi connectivity index (χ1) is 14.5. The Hall–Kier alpha value is -2.39. The van der Waals surface area contributed by atoms with E-state index >= 15 is 0 Å². The van der Waals surface area contributed by atoms with Gasteiger partial charge in [0, 0.05) is 46.0 Å². The first kappa shape index (κ1) is 21.8. The maximum Gasteiger partial charge on any atom is 0.209 e. The van der Waals surface area contributed by atoms with Gasteiger partial charge in [0.2, 0.25) is 5.69 Å². The van der Waals surface area contributed by atoms with Crippen LogP contribution in [0.3, 0.4) is 0 Å². The van der Waals surface area contributed by atoms with E-state index in [1.165, 1.54) is 39.5 Å². The van der Waals surface area contributed by atoms with Gasteiger partial charge in [0.15, 0.2) is 5.71 Å². The molecule has 0 amide bonds. The lowest BCUT2D eigenvalue weighted by Gasteiger charge is -2.23. The average Bonchev–Trinajstić information content (AvgIpc) is 3.03. The van der Waals surface area contributed by atoms with E-state index in [0.717, 1.165) is 4.48 Å². The van der Waals surface area contributed by atoms with Crippen LogP contribution in [-0.2, 0) is 10.8 Å². The lowest BCUT2D eigenvalue weighted by atomic mass is 9.81. The Labute approximate surface area is 195 Å². The number of allylic oxidation sites excluding steroid dienone is 6. The Balaban J connectivity index is 1.63. The molecule has 0 unspecified atom stereocenters. The number of rotatable bonds is 3. The number of nitrogens with zero attached hydrogens (tertiary/aromatic N) is 2. The number of fused-ring (bicyclic) bond motifs is 2. The van der Waals surface area contributed by atoms with Gasteiger partial charge in [0.25, 0.3) is 0 Å². The van der Waals surface area contributed by atoms with Crippen LogP contribution < -0.4 is 4.90 Å². The number of likely N-dealkylation sites (N-methyl/N-ethyl adjacent to an activating group) is 1. The summed E-state index contributed by atoms with van der Waals surface area (Å²) in [7, 11) is 4.32. The minimum atomic E-state index is -0.0202. The van der Waals surface area contributed by atoms with Crippen molar-refractivity contribution in [2.45, 2.75) is 45.4 Å². The molecular weight excluding hydrogens is 444 g/mol. The predicted molar refractivity (Wildman–Crippen MR) is 137 cm³/mol. The molecule has 0 saturated heterocycles. The van der Waals surface area contributed by atoms with Crippen molar-refractivity contribution in [1.29, 1.82) is 0 Å². The van der Waals surface area contributed by atoms with Crippen molar-refractivity contribution in [3.05, 3.63) is 93.6 Å². The van der Waals surface area contributed by atoms with E-state index in [4.69, 9.17) is 0 Å². The van der Waals surface area contributed by atoms with Gasteiger partial charge < -0.3 is 4.90 Å². The highest BCUT2D eigenvalue weighted by Crippen LogP contribution is 2.47. The lowest BCUT2D eigenvalue weighted by Crippen LogP contribution is -2.26. The minimum Gasteiger partial charge on any atom is -0.347 e. The summed E-state index contributed by atoms with van der Waals surface area (Å²) in [5, 5.41) is 0. The van der Waals surface area contributed by atoms with Crippen LogP contribution in [0.25, 0.3) is 0 Å². The third-order valence-electron chi connectivity index (χ3n) is 6.93. The third kappa shape index (κ3) is 3.53. The SMILES string of the molecule is Cc1ccc2c(c1)C(C)(C)C(=CC=C(Br)C=CC1=[N+](C)c3ccccc3C1(C)C)N2C. The van der Waals surface area contributed by atoms with Gasteiger partial charge in [-0.2, -0.15) is 4.58 Å². The van der Waals surface area contributed by atoms with Crippen molar-refractivity contribution in [2.24, 2.45) is 0 Å². The molecule has 0 saturated carbocycles. The molecule has 2 nitrogen and oxygen atoms in total. The minimum absolute atomic E-state index is 0.0131. The molecule has 0 atom stereocenters. The summed E-state index contributed by atoms with van der Waals surface area (Å²) in [4.78, 5) is 2.31. The smallest absolute Gasteiger partial charge is 0.209 e. The normalized spacial score (nSPS) is 20.7. The van der Waals surface area contributed by atoms with Crippen LogP contribution in [0.15, 0.2) is 76.9 Å². The Morgan fingerprint density at radius 1 is 1.00 bits per heavy atom. The maximum atomic E-state index is 3.77. The highest BCUT2D eigenvalue weighted by atomic mass is 79.9. The van der Waals surface area contributed by atoms with E-state index in [1.807, 2.05) is 0 Å². The van der Waals surface area contributed by atoms with Gasteiger partial charge in [-0.05, 0) is 50.6 Å². The maximum absolute atomic E-state index is 3.77. The van der Waals surface area contributed by atoms with Crippen molar-refractivity contribution in [2.75, 3.05) is 19.0 Å². The first-order valence-corrected chi connectivity index (χ1v) is 11.7. The molecular formula is C28H32BrN2+. The predicted octanol–water partition coefficient (Wildman–Crippen LogP) is 7.15. The number of para-hydroxylation sites is 1. The Morgan fingerprint density at radius 3 is 2.42 bits per heavy atom. The standard InChI is InChI=1S/C28H32BrN2/c1-19-12-15-24-22(18-19)28(4,5)26(31(24)7)17-14-20(29)13-16-25-27(2,3)21-10-8-9-11-23(21)30(25)6/h8-18H,1-7H3/q+1. The van der Waals surface area contributed by atoms with Crippen molar-refractivity contribution in [1.82, 2.24) is 0 Å². The van der Waals surface area contributed by atoms with E-state index in [0.29, 0.717) is 0 Å². The number of hydrogen-bond donors (Lipinski definition) is 0. The van der Waals surface area contributed by atoms with Crippen LogP contribution in [0.2, 0.25) is 0 Å². The molecule has 0 spiro atoms. The third-order valence-corrected chi connectivity index (χ3v) is 7.46. The van der Waals surface area contributed by atoms with Gasteiger partial charge in [0.1, 0.15) is 7.05 Å². The highest BCUT2D eigenvalue weighted by Gasteiger charge is 2.42. The fraction of sp³-hybridized carbons (Fsp3) is 0.321. The molecule has 2 aliphatic rings. The van der Waals surface area contributed by atoms with Gasteiger partial charge >= 0.3 is 0 Å². The quantitative estimate of drug-likeness (QED) is 0.337. The van der Waals surface area contributed by atoms with Crippen LogP contribution in [0.5, 0.6) is 0 Å². The van der Waals surface area contributed by atoms with E-state index in [-0.39, 0.29) is 10.8 Å². The molecule has 0 N–H and O–H groups in total. The highest BCUT2D eigenvalue weighted by molar-refractivity contribution is 9.11. The molecule has 0 aliphatic carbocycles. The van der Waals surface area contributed by atoms with Gasteiger partial charge in [-0.3, -0.25) is 0 Å².